The lowest BCUT2D eigenvalue weighted by atomic mass is 9.75. The van der Waals surface area contributed by atoms with Crippen molar-refractivity contribution in [3.63, 3.8) is 0 Å². The molecule has 190 valence electrons. The molecule has 0 bridgehead atoms. The lowest BCUT2D eigenvalue weighted by molar-refractivity contribution is -0.184. The largest absolute Gasteiger partial charge is 0.431 e. The van der Waals surface area contributed by atoms with E-state index in [-0.39, 0.29) is 35.9 Å². The number of carbonyl (C=O) groups excluding carboxylic acids is 2. The van der Waals surface area contributed by atoms with Crippen LogP contribution in [-0.2, 0) is 15.1 Å². The molecule has 0 spiro atoms. The molecule has 8 nitrogen and oxygen atoms in total. The Morgan fingerprint density at radius 3 is 2.43 bits per heavy atom. The Balaban J connectivity index is 1.22. The zero-order valence-corrected chi connectivity index (χ0v) is 20.6. The van der Waals surface area contributed by atoms with Gasteiger partial charge >= 0.3 is 0 Å². The van der Waals surface area contributed by atoms with E-state index < -0.39 is 17.0 Å². The Bertz CT molecular complexity index is 1400. The van der Waals surface area contributed by atoms with Gasteiger partial charge in [0.15, 0.2) is 11.5 Å². The van der Waals surface area contributed by atoms with E-state index in [0.717, 1.165) is 43.2 Å². The summed E-state index contributed by atoms with van der Waals surface area (Å²) < 4.78 is 10.9. The number of hydrogen-bond acceptors (Lipinski definition) is 7. The average Bonchev–Trinajstić information content (AvgIpc) is 3.54. The highest BCUT2D eigenvalue weighted by atomic mass is 16.5. The number of aromatic nitrogens is 2. The summed E-state index contributed by atoms with van der Waals surface area (Å²) >= 11 is 0. The van der Waals surface area contributed by atoms with E-state index in [0.29, 0.717) is 30.5 Å². The van der Waals surface area contributed by atoms with Gasteiger partial charge in [0, 0.05) is 23.5 Å². The summed E-state index contributed by atoms with van der Waals surface area (Å²) in [5.41, 5.74) is 0.690. The van der Waals surface area contributed by atoms with Crippen molar-refractivity contribution < 1.29 is 23.8 Å². The smallest absolute Gasteiger partial charge is 0.287 e. The van der Waals surface area contributed by atoms with E-state index in [1.54, 1.807) is 12.3 Å². The molecule has 3 heterocycles. The number of ether oxygens (including phenoxy) is 1. The summed E-state index contributed by atoms with van der Waals surface area (Å²) in [6, 6.07) is 8.97. The highest BCUT2D eigenvalue weighted by molar-refractivity contribution is 6.00. The van der Waals surface area contributed by atoms with Crippen molar-refractivity contribution >= 4 is 22.9 Å². The molecule has 2 aliphatic carbocycles. The minimum Gasteiger partial charge on any atom is -0.431 e. The number of aliphatic hydroxyl groups is 1. The molecule has 1 amide bonds. The van der Waals surface area contributed by atoms with Gasteiger partial charge in [-0.3, -0.25) is 9.59 Å². The number of amides is 1. The maximum atomic E-state index is 13.4. The molecule has 3 aromatic rings. The fraction of sp³-hybridized carbons (Fsp3) is 0.448. The molecular formula is C29H29N3O5. The van der Waals surface area contributed by atoms with Crippen LogP contribution in [0.4, 0.5) is 0 Å². The number of rotatable bonds is 7. The molecule has 0 radical (unpaired) electrons. The van der Waals surface area contributed by atoms with Gasteiger partial charge in [-0.1, -0.05) is 49.4 Å². The molecule has 0 unspecified atom stereocenters. The highest BCUT2D eigenvalue weighted by Gasteiger charge is 2.49. The van der Waals surface area contributed by atoms with Gasteiger partial charge in [0.05, 0.1) is 30.6 Å². The second-order valence-electron chi connectivity index (χ2n) is 10.8. The Kier molecular flexibility index (Phi) is 5.66. The van der Waals surface area contributed by atoms with Crippen LogP contribution in [0.25, 0.3) is 22.5 Å². The SMILES string of the molecule is C#CC1(CC(=O)C2(NC(=O)c3cc4ncc(-c5ccc(C6(O)COC6)cc5)nc4o3)CCCCC2)CC1. The normalized spacial score (nSPS) is 21.0. The van der Waals surface area contributed by atoms with E-state index in [1.165, 1.54) is 0 Å². The summed E-state index contributed by atoms with van der Waals surface area (Å²) in [4.78, 5) is 35.7. The van der Waals surface area contributed by atoms with Gasteiger partial charge in [0.25, 0.3) is 5.91 Å². The molecule has 0 atom stereocenters. The Morgan fingerprint density at radius 1 is 1.08 bits per heavy atom. The second-order valence-corrected chi connectivity index (χ2v) is 10.8. The summed E-state index contributed by atoms with van der Waals surface area (Å²) in [6.45, 7) is 0.569. The zero-order chi connectivity index (χ0) is 25.7. The topological polar surface area (TPSA) is 115 Å². The summed E-state index contributed by atoms with van der Waals surface area (Å²) in [6.07, 6.45) is 13.3. The minimum atomic E-state index is -0.936. The van der Waals surface area contributed by atoms with Gasteiger partial charge in [0.2, 0.25) is 5.71 Å². The van der Waals surface area contributed by atoms with E-state index in [1.807, 2.05) is 24.3 Å². The van der Waals surface area contributed by atoms with Crippen LogP contribution in [-0.4, -0.2) is 45.5 Å². The van der Waals surface area contributed by atoms with Crippen molar-refractivity contribution in [2.45, 2.75) is 62.5 Å². The molecule has 1 aliphatic heterocycles. The first-order chi connectivity index (χ1) is 17.8. The minimum absolute atomic E-state index is 0.0206. The monoisotopic (exact) mass is 499 g/mol. The van der Waals surface area contributed by atoms with E-state index in [9.17, 15) is 14.7 Å². The van der Waals surface area contributed by atoms with Crippen LogP contribution in [0.3, 0.4) is 0 Å². The molecule has 3 aliphatic rings. The summed E-state index contributed by atoms with van der Waals surface area (Å²) in [7, 11) is 0. The molecule has 2 aromatic heterocycles. The maximum Gasteiger partial charge on any atom is 0.287 e. The number of nitrogens with one attached hydrogen (secondary N) is 1. The van der Waals surface area contributed by atoms with Gasteiger partial charge in [0.1, 0.15) is 11.1 Å². The number of ketones is 1. The first-order valence-corrected chi connectivity index (χ1v) is 12.9. The number of terminal acetylenes is 1. The number of furan rings is 1. The average molecular weight is 500 g/mol. The number of Topliss-reactive ketones (excluding diaryl/α,β-unsaturated/α-hetero) is 1. The van der Waals surface area contributed by atoms with Gasteiger partial charge < -0.3 is 19.6 Å². The Labute approximate surface area is 214 Å². The van der Waals surface area contributed by atoms with Crippen LogP contribution in [0, 0.1) is 17.8 Å². The van der Waals surface area contributed by atoms with Crippen LogP contribution in [0.5, 0.6) is 0 Å². The highest BCUT2D eigenvalue weighted by Crippen LogP contribution is 2.49. The lowest BCUT2D eigenvalue weighted by Gasteiger charge is -2.37. The van der Waals surface area contributed by atoms with Crippen molar-refractivity contribution in [1.82, 2.24) is 15.3 Å². The fourth-order valence-corrected chi connectivity index (χ4v) is 5.39. The van der Waals surface area contributed by atoms with Crippen molar-refractivity contribution in [2.75, 3.05) is 13.2 Å². The third-order valence-corrected chi connectivity index (χ3v) is 8.12. The molecule has 1 aromatic carbocycles. The van der Waals surface area contributed by atoms with E-state index >= 15 is 0 Å². The molecule has 3 fully saturated rings. The van der Waals surface area contributed by atoms with Crippen LogP contribution in [0.15, 0.2) is 40.9 Å². The van der Waals surface area contributed by atoms with Gasteiger partial charge in [-0.15, -0.1) is 6.42 Å². The van der Waals surface area contributed by atoms with Gasteiger partial charge in [-0.05, 0) is 31.2 Å². The van der Waals surface area contributed by atoms with Crippen molar-refractivity contribution in [3.05, 3.63) is 47.9 Å². The Hall–Kier alpha value is -3.54. The van der Waals surface area contributed by atoms with Crippen LogP contribution >= 0.6 is 0 Å². The number of nitrogens with zero attached hydrogens (tertiary/aromatic N) is 2. The molecule has 8 heteroatoms. The fourth-order valence-electron chi connectivity index (χ4n) is 5.39. The summed E-state index contributed by atoms with van der Waals surface area (Å²) in [5.74, 6) is 2.44. The maximum absolute atomic E-state index is 13.4. The third kappa shape index (κ3) is 4.32. The molecule has 37 heavy (non-hydrogen) atoms. The first kappa shape index (κ1) is 23.8. The van der Waals surface area contributed by atoms with Gasteiger partial charge in [-0.2, -0.15) is 0 Å². The Morgan fingerprint density at radius 2 is 1.81 bits per heavy atom. The summed E-state index contributed by atoms with van der Waals surface area (Å²) in [5, 5.41) is 13.5. The quantitative estimate of drug-likeness (QED) is 0.474. The standard InChI is InChI=1S/C29H29N3O5/c1-2-27(12-13-27)15-24(33)28(10-4-3-5-11-28)32-25(34)23-14-21-26(37-23)31-22(16-30-21)19-6-8-20(9-7-19)29(35)17-36-18-29/h1,6-9,14,16,35H,3-5,10-13,15,17-18H2,(H,32,34). The van der Waals surface area contributed by atoms with Crippen molar-refractivity contribution in [2.24, 2.45) is 5.41 Å². The molecule has 1 saturated heterocycles. The first-order valence-electron chi connectivity index (χ1n) is 12.9. The number of benzene rings is 1. The number of fused-ring (bicyclic) bond motifs is 1. The second kappa shape index (κ2) is 8.79. The molecule has 2 saturated carbocycles. The molecule has 2 N–H and O–H groups in total. The predicted octanol–water partition coefficient (Wildman–Crippen LogP) is 3.91. The lowest BCUT2D eigenvalue weighted by Crippen LogP contribution is -2.56. The number of carbonyl (C=O) groups is 2. The van der Waals surface area contributed by atoms with Crippen LogP contribution < -0.4 is 5.32 Å². The van der Waals surface area contributed by atoms with E-state index in [2.05, 4.69) is 21.2 Å². The molecule has 6 rings (SSSR count). The van der Waals surface area contributed by atoms with Crippen LogP contribution in [0.2, 0.25) is 0 Å². The number of hydrogen-bond donors (Lipinski definition) is 2. The van der Waals surface area contributed by atoms with Crippen molar-refractivity contribution in [1.29, 1.82) is 0 Å². The van der Waals surface area contributed by atoms with Crippen LogP contribution in [0.1, 0.15) is 67.5 Å². The van der Waals surface area contributed by atoms with E-state index in [4.69, 9.17) is 15.6 Å². The molecular weight excluding hydrogens is 470 g/mol. The third-order valence-electron chi connectivity index (χ3n) is 8.12. The van der Waals surface area contributed by atoms with Crippen molar-refractivity contribution in [3.8, 4) is 23.6 Å². The zero-order valence-electron chi connectivity index (χ0n) is 20.6. The predicted molar refractivity (Wildman–Crippen MR) is 135 cm³/mol. The van der Waals surface area contributed by atoms with Gasteiger partial charge in [-0.25, -0.2) is 9.97 Å².